The number of imide groups is 1. The minimum Gasteiger partial charge on any atom is -0.348 e. The van der Waals surface area contributed by atoms with Gasteiger partial charge in [0.15, 0.2) is 0 Å². The van der Waals surface area contributed by atoms with Gasteiger partial charge in [0, 0.05) is 17.6 Å². The first-order chi connectivity index (χ1) is 11.5. The maximum Gasteiger partial charge on any atom is 0.324 e. The molecule has 2 aliphatic heterocycles. The first kappa shape index (κ1) is 19.2. The number of urea groups is 1. The number of nitrogens with zero attached hydrogens (tertiary/aromatic N) is 1. The quantitative estimate of drug-likeness (QED) is 0.694. The largest absolute Gasteiger partial charge is 0.348 e. The molecule has 0 radical (unpaired) electrons. The molecule has 4 amide bonds. The molecule has 2 fully saturated rings. The molecule has 0 spiro atoms. The molecule has 0 aromatic heterocycles. The van der Waals surface area contributed by atoms with Crippen molar-refractivity contribution < 1.29 is 14.4 Å². The fourth-order valence-electron chi connectivity index (χ4n) is 3.05. The number of nitrogens with one attached hydrogen (secondary N) is 3. The molecule has 2 heterocycles. The van der Waals surface area contributed by atoms with Crippen molar-refractivity contribution in [2.75, 3.05) is 13.1 Å². The van der Waals surface area contributed by atoms with E-state index >= 15 is 0 Å². The summed E-state index contributed by atoms with van der Waals surface area (Å²) in [5, 5.41) is 8.90. The van der Waals surface area contributed by atoms with Crippen LogP contribution >= 0.6 is 12.4 Å². The highest BCUT2D eigenvalue weighted by molar-refractivity contribution is 6.01. The minimum absolute atomic E-state index is 0. The first-order valence-corrected chi connectivity index (χ1v) is 8.26. The third-order valence-corrected chi connectivity index (χ3v) is 4.57. The Balaban J connectivity index is 0.00000225. The average molecular weight is 367 g/mol. The van der Waals surface area contributed by atoms with Crippen molar-refractivity contribution in [3.63, 3.8) is 0 Å². The summed E-state index contributed by atoms with van der Waals surface area (Å²) in [6.45, 7) is 3.33. The predicted molar refractivity (Wildman–Crippen MR) is 95.6 cm³/mol. The van der Waals surface area contributed by atoms with Gasteiger partial charge in [0.05, 0.1) is 13.1 Å². The lowest BCUT2D eigenvalue weighted by molar-refractivity contribution is -0.125. The third kappa shape index (κ3) is 4.49. The summed E-state index contributed by atoms with van der Waals surface area (Å²) in [5.41, 5.74) is 1.39. The number of carbonyl (C=O) groups is 3. The van der Waals surface area contributed by atoms with E-state index in [2.05, 4.69) is 22.9 Å². The molecule has 0 bridgehead atoms. The van der Waals surface area contributed by atoms with Crippen molar-refractivity contribution in [2.45, 2.75) is 38.4 Å². The maximum atomic E-state index is 12.4. The Kier molecular flexibility index (Phi) is 6.39. The van der Waals surface area contributed by atoms with Crippen molar-refractivity contribution in [3.05, 3.63) is 35.4 Å². The van der Waals surface area contributed by atoms with Gasteiger partial charge >= 0.3 is 6.03 Å². The lowest BCUT2D eigenvalue weighted by Gasteiger charge is -2.30. The highest BCUT2D eigenvalue weighted by Gasteiger charge is 2.28. The SMILES string of the molecule is CC1NCCCC1NC(=O)c1ccc(CN2C(=O)CNC2=O)cc1.Cl. The van der Waals surface area contributed by atoms with Crippen molar-refractivity contribution in [2.24, 2.45) is 0 Å². The van der Waals surface area contributed by atoms with Gasteiger partial charge in [-0.2, -0.15) is 0 Å². The topological polar surface area (TPSA) is 90.5 Å². The van der Waals surface area contributed by atoms with Crippen LogP contribution in [-0.2, 0) is 11.3 Å². The molecule has 2 saturated heterocycles. The second-order valence-electron chi connectivity index (χ2n) is 6.30. The van der Waals surface area contributed by atoms with Crippen LogP contribution in [0.15, 0.2) is 24.3 Å². The van der Waals surface area contributed by atoms with Gasteiger partial charge in [-0.15, -0.1) is 12.4 Å². The van der Waals surface area contributed by atoms with E-state index in [1.807, 2.05) is 0 Å². The summed E-state index contributed by atoms with van der Waals surface area (Å²) >= 11 is 0. The molecule has 8 heteroatoms. The molecular weight excluding hydrogens is 344 g/mol. The lowest BCUT2D eigenvalue weighted by atomic mass is 9.99. The van der Waals surface area contributed by atoms with Crippen LogP contribution in [0.2, 0.25) is 0 Å². The van der Waals surface area contributed by atoms with E-state index in [1.165, 1.54) is 4.90 Å². The van der Waals surface area contributed by atoms with E-state index < -0.39 is 0 Å². The zero-order valence-electron chi connectivity index (χ0n) is 14.1. The Morgan fingerprint density at radius 2 is 2.00 bits per heavy atom. The number of benzene rings is 1. The van der Waals surface area contributed by atoms with Crippen LogP contribution in [0.4, 0.5) is 4.79 Å². The number of halogens is 1. The van der Waals surface area contributed by atoms with Gasteiger partial charge in [0.1, 0.15) is 0 Å². The van der Waals surface area contributed by atoms with Gasteiger partial charge < -0.3 is 16.0 Å². The van der Waals surface area contributed by atoms with E-state index in [0.717, 1.165) is 24.9 Å². The van der Waals surface area contributed by atoms with Crippen LogP contribution in [0.25, 0.3) is 0 Å². The molecule has 2 unspecified atom stereocenters. The summed E-state index contributed by atoms with van der Waals surface area (Å²) in [4.78, 5) is 36.7. The van der Waals surface area contributed by atoms with Gasteiger partial charge in [-0.25, -0.2) is 4.79 Å². The second-order valence-corrected chi connectivity index (χ2v) is 6.30. The minimum atomic E-state index is -0.374. The van der Waals surface area contributed by atoms with Crippen LogP contribution < -0.4 is 16.0 Å². The van der Waals surface area contributed by atoms with Crippen molar-refractivity contribution in [3.8, 4) is 0 Å². The Bertz CT molecular complexity index is 634. The Morgan fingerprint density at radius 3 is 2.60 bits per heavy atom. The van der Waals surface area contributed by atoms with E-state index in [9.17, 15) is 14.4 Å². The average Bonchev–Trinajstić information content (AvgIpc) is 2.89. The fourth-order valence-corrected chi connectivity index (χ4v) is 3.05. The monoisotopic (exact) mass is 366 g/mol. The molecule has 3 rings (SSSR count). The highest BCUT2D eigenvalue weighted by Crippen LogP contribution is 2.12. The molecule has 25 heavy (non-hydrogen) atoms. The van der Waals surface area contributed by atoms with Crippen molar-refractivity contribution >= 4 is 30.3 Å². The standard InChI is InChI=1S/C17H22N4O3.ClH/c1-11-14(3-2-8-18-11)20-16(23)13-6-4-12(5-7-13)10-21-15(22)9-19-17(21)24;/h4-7,11,14,18H,2-3,8-10H2,1H3,(H,19,24)(H,20,23);1H. The first-order valence-electron chi connectivity index (χ1n) is 8.26. The van der Waals surface area contributed by atoms with E-state index in [0.29, 0.717) is 5.56 Å². The number of hydrogen-bond acceptors (Lipinski definition) is 4. The van der Waals surface area contributed by atoms with E-state index in [4.69, 9.17) is 0 Å². The van der Waals surface area contributed by atoms with Gasteiger partial charge in [-0.05, 0) is 44.0 Å². The van der Waals surface area contributed by atoms with Crippen LogP contribution in [-0.4, -0.2) is 47.9 Å². The summed E-state index contributed by atoms with van der Waals surface area (Å²) in [6, 6.07) is 7.03. The van der Waals surface area contributed by atoms with Gasteiger partial charge in [0.25, 0.3) is 5.91 Å². The Morgan fingerprint density at radius 1 is 1.28 bits per heavy atom. The molecule has 2 aliphatic rings. The summed E-state index contributed by atoms with van der Waals surface area (Å²) in [5.74, 6) is -0.335. The Labute approximate surface area is 152 Å². The summed E-state index contributed by atoms with van der Waals surface area (Å²) < 4.78 is 0. The number of rotatable bonds is 4. The lowest BCUT2D eigenvalue weighted by Crippen LogP contribution is -2.51. The Hall–Kier alpha value is -2.12. The zero-order valence-corrected chi connectivity index (χ0v) is 14.9. The molecule has 1 aromatic rings. The molecule has 1 aromatic carbocycles. The van der Waals surface area contributed by atoms with Crippen LogP contribution in [0.5, 0.6) is 0 Å². The molecule has 3 N–H and O–H groups in total. The molecular formula is C17H23ClN4O3. The smallest absolute Gasteiger partial charge is 0.324 e. The molecule has 0 aliphatic carbocycles. The van der Waals surface area contributed by atoms with Crippen molar-refractivity contribution in [1.82, 2.24) is 20.9 Å². The van der Waals surface area contributed by atoms with Crippen LogP contribution in [0, 0.1) is 0 Å². The maximum absolute atomic E-state index is 12.4. The normalized spacial score (nSPS) is 23.0. The number of piperidine rings is 1. The van der Waals surface area contributed by atoms with Crippen LogP contribution in [0.3, 0.4) is 0 Å². The van der Waals surface area contributed by atoms with Gasteiger partial charge in [0.2, 0.25) is 5.91 Å². The molecule has 0 saturated carbocycles. The molecule has 2 atom stereocenters. The predicted octanol–water partition coefficient (Wildman–Crippen LogP) is 1.03. The van der Waals surface area contributed by atoms with Gasteiger partial charge in [-0.3, -0.25) is 14.5 Å². The van der Waals surface area contributed by atoms with Crippen molar-refractivity contribution in [1.29, 1.82) is 0 Å². The number of amides is 4. The van der Waals surface area contributed by atoms with E-state index in [-0.39, 0.29) is 55.4 Å². The van der Waals surface area contributed by atoms with E-state index in [1.54, 1.807) is 24.3 Å². The number of carbonyl (C=O) groups excluding carboxylic acids is 3. The molecule has 136 valence electrons. The number of hydrogen-bond donors (Lipinski definition) is 3. The fraction of sp³-hybridized carbons (Fsp3) is 0.471. The highest BCUT2D eigenvalue weighted by atomic mass is 35.5. The summed E-state index contributed by atoms with van der Waals surface area (Å²) in [7, 11) is 0. The summed E-state index contributed by atoms with van der Waals surface area (Å²) in [6.07, 6.45) is 2.03. The zero-order chi connectivity index (χ0) is 17.1. The van der Waals surface area contributed by atoms with Gasteiger partial charge in [-0.1, -0.05) is 12.1 Å². The molecule has 7 nitrogen and oxygen atoms in total. The third-order valence-electron chi connectivity index (χ3n) is 4.57. The second kappa shape index (κ2) is 8.31. The van der Waals surface area contributed by atoms with Crippen LogP contribution in [0.1, 0.15) is 35.7 Å².